The molecule has 5 nitrogen and oxygen atoms in total. The standard InChI is InChI=1S/C13H23N5/c1-13(2,3)16-11-10-14-17-12(15-11)18-8-6-4-5-7-9-18/h10H,4-9H2,1-3H3,(H,15,16,17). The van der Waals surface area contributed by atoms with Crippen LogP contribution in [0, 0.1) is 0 Å². The fraction of sp³-hybridized carbons (Fsp3) is 0.769. The van der Waals surface area contributed by atoms with Crippen molar-refractivity contribution < 1.29 is 0 Å². The molecule has 1 aromatic rings. The molecule has 0 atom stereocenters. The van der Waals surface area contributed by atoms with E-state index in [9.17, 15) is 0 Å². The number of hydrogen-bond acceptors (Lipinski definition) is 5. The van der Waals surface area contributed by atoms with Crippen LogP contribution >= 0.6 is 0 Å². The minimum Gasteiger partial charge on any atom is -0.364 e. The predicted octanol–water partition coefficient (Wildman–Crippen LogP) is 2.46. The summed E-state index contributed by atoms with van der Waals surface area (Å²) in [6.45, 7) is 8.42. The summed E-state index contributed by atoms with van der Waals surface area (Å²) in [4.78, 5) is 6.81. The highest BCUT2D eigenvalue weighted by Gasteiger charge is 2.15. The molecule has 1 saturated heterocycles. The molecule has 1 aliphatic heterocycles. The van der Waals surface area contributed by atoms with Gasteiger partial charge in [0, 0.05) is 18.6 Å². The topological polar surface area (TPSA) is 53.9 Å². The van der Waals surface area contributed by atoms with E-state index in [0.29, 0.717) is 0 Å². The molecule has 0 saturated carbocycles. The van der Waals surface area contributed by atoms with Gasteiger partial charge in [-0.05, 0) is 33.6 Å². The fourth-order valence-electron chi connectivity index (χ4n) is 2.14. The van der Waals surface area contributed by atoms with Gasteiger partial charge in [0.1, 0.15) is 0 Å². The molecule has 2 heterocycles. The largest absolute Gasteiger partial charge is 0.364 e. The summed E-state index contributed by atoms with van der Waals surface area (Å²) >= 11 is 0. The number of hydrogen-bond donors (Lipinski definition) is 1. The van der Waals surface area contributed by atoms with Crippen LogP contribution in [-0.2, 0) is 0 Å². The van der Waals surface area contributed by atoms with E-state index in [4.69, 9.17) is 0 Å². The van der Waals surface area contributed by atoms with E-state index >= 15 is 0 Å². The average Bonchev–Trinajstić information content (AvgIpc) is 2.55. The van der Waals surface area contributed by atoms with Gasteiger partial charge in [-0.3, -0.25) is 0 Å². The Balaban J connectivity index is 2.10. The van der Waals surface area contributed by atoms with E-state index in [2.05, 4.69) is 46.2 Å². The second kappa shape index (κ2) is 5.50. The molecular weight excluding hydrogens is 226 g/mol. The number of rotatable bonds is 2. The predicted molar refractivity (Wildman–Crippen MR) is 73.9 cm³/mol. The summed E-state index contributed by atoms with van der Waals surface area (Å²) in [5, 5.41) is 11.6. The highest BCUT2D eigenvalue weighted by atomic mass is 15.3. The van der Waals surface area contributed by atoms with E-state index in [1.165, 1.54) is 25.7 Å². The zero-order chi connectivity index (χ0) is 13.0. The monoisotopic (exact) mass is 249 g/mol. The second-order valence-electron chi connectivity index (χ2n) is 5.92. The number of aromatic nitrogens is 3. The first-order chi connectivity index (χ1) is 8.54. The first kappa shape index (κ1) is 13.1. The SMILES string of the molecule is CC(C)(C)Nc1cnnc(N2CCCCCC2)n1. The lowest BCUT2D eigenvalue weighted by Gasteiger charge is -2.23. The smallest absolute Gasteiger partial charge is 0.247 e. The number of anilines is 2. The van der Waals surface area contributed by atoms with Gasteiger partial charge in [-0.1, -0.05) is 12.8 Å². The number of nitrogens with one attached hydrogen (secondary N) is 1. The van der Waals surface area contributed by atoms with E-state index in [-0.39, 0.29) is 5.54 Å². The van der Waals surface area contributed by atoms with Crippen LogP contribution in [0.25, 0.3) is 0 Å². The molecule has 0 aliphatic carbocycles. The molecule has 0 amide bonds. The van der Waals surface area contributed by atoms with E-state index in [0.717, 1.165) is 24.9 Å². The molecule has 1 aromatic heterocycles. The van der Waals surface area contributed by atoms with E-state index in [1.54, 1.807) is 6.20 Å². The lowest BCUT2D eigenvalue weighted by molar-refractivity contribution is 0.627. The molecule has 0 unspecified atom stereocenters. The normalized spacial score (nSPS) is 17.4. The van der Waals surface area contributed by atoms with Crippen LogP contribution in [0.15, 0.2) is 6.20 Å². The minimum absolute atomic E-state index is 0.00785. The van der Waals surface area contributed by atoms with Gasteiger partial charge < -0.3 is 10.2 Å². The van der Waals surface area contributed by atoms with Crippen molar-refractivity contribution in [3.63, 3.8) is 0 Å². The first-order valence-electron chi connectivity index (χ1n) is 6.77. The van der Waals surface area contributed by atoms with Gasteiger partial charge in [0.05, 0.1) is 6.20 Å². The average molecular weight is 249 g/mol. The maximum absolute atomic E-state index is 4.56. The van der Waals surface area contributed by atoms with E-state index in [1.807, 2.05) is 0 Å². The molecule has 1 aliphatic rings. The lowest BCUT2D eigenvalue weighted by Crippen LogP contribution is -2.29. The summed E-state index contributed by atoms with van der Waals surface area (Å²) in [6.07, 6.45) is 6.75. The molecule has 1 N–H and O–H groups in total. The van der Waals surface area contributed by atoms with Gasteiger partial charge in [0.2, 0.25) is 5.95 Å². The minimum atomic E-state index is -0.00785. The second-order valence-corrected chi connectivity index (χ2v) is 5.92. The van der Waals surface area contributed by atoms with Crippen LogP contribution in [-0.4, -0.2) is 33.8 Å². The summed E-state index contributed by atoms with van der Waals surface area (Å²) in [5.41, 5.74) is -0.00785. The van der Waals surface area contributed by atoms with Gasteiger partial charge in [-0.15, -0.1) is 5.10 Å². The summed E-state index contributed by atoms with van der Waals surface area (Å²) in [6, 6.07) is 0. The van der Waals surface area contributed by atoms with Gasteiger partial charge >= 0.3 is 0 Å². The van der Waals surface area contributed by atoms with Crippen LogP contribution in [0.2, 0.25) is 0 Å². The summed E-state index contributed by atoms with van der Waals surface area (Å²) in [5.74, 6) is 1.56. The molecule has 0 bridgehead atoms. The Labute approximate surface area is 109 Å². The highest BCUT2D eigenvalue weighted by Crippen LogP contribution is 2.17. The van der Waals surface area contributed by atoms with Crippen molar-refractivity contribution in [2.45, 2.75) is 52.0 Å². The highest BCUT2D eigenvalue weighted by molar-refractivity contribution is 5.40. The van der Waals surface area contributed by atoms with Crippen LogP contribution in [0.5, 0.6) is 0 Å². The van der Waals surface area contributed by atoms with Crippen molar-refractivity contribution in [1.82, 2.24) is 15.2 Å². The molecule has 18 heavy (non-hydrogen) atoms. The third kappa shape index (κ3) is 3.82. The number of nitrogens with zero attached hydrogens (tertiary/aromatic N) is 4. The molecule has 5 heteroatoms. The van der Waals surface area contributed by atoms with E-state index < -0.39 is 0 Å². The first-order valence-corrected chi connectivity index (χ1v) is 6.77. The fourth-order valence-corrected chi connectivity index (χ4v) is 2.14. The molecule has 0 spiro atoms. The molecular formula is C13H23N5. The quantitative estimate of drug-likeness (QED) is 0.872. The van der Waals surface area contributed by atoms with Crippen molar-refractivity contribution in [2.75, 3.05) is 23.3 Å². The van der Waals surface area contributed by atoms with Gasteiger partial charge in [0.15, 0.2) is 5.82 Å². The Kier molecular flexibility index (Phi) is 3.99. The van der Waals surface area contributed by atoms with Crippen LogP contribution in [0.3, 0.4) is 0 Å². The van der Waals surface area contributed by atoms with Crippen LogP contribution in [0.1, 0.15) is 46.5 Å². The van der Waals surface area contributed by atoms with Gasteiger partial charge in [0.25, 0.3) is 0 Å². The van der Waals surface area contributed by atoms with Crippen molar-refractivity contribution in [3.8, 4) is 0 Å². The maximum atomic E-state index is 4.56. The molecule has 1 fully saturated rings. The third-order valence-corrected chi connectivity index (χ3v) is 2.94. The third-order valence-electron chi connectivity index (χ3n) is 2.94. The molecule has 0 aromatic carbocycles. The Hall–Kier alpha value is -1.39. The Morgan fingerprint density at radius 1 is 1.11 bits per heavy atom. The van der Waals surface area contributed by atoms with Crippen molar-refractivity contribution in [3.05, 3.63) is 6.20 Å². The molecule has 2 rings (SSSR count). The zero-order valence-electron chi connectivity index (χ0n) is 11.6. The molecule has 100 valence electrons. The van der Waals surface area contributed by atoms with Gasteiger partial charge in [-0.25, -0.2) is 0 Å². The maximum Gasteiger partial charge on any atom is 0.247 e. The lowest BCUT2D eigenvalue weighted by atomic mass is 10.1. The summed E-state index contributed by atoms with van der Waals surface area (Å²) in [7, 11) is 0. The van der Waals surface area contributed by atoms with Gasteiger partial charge in [-0.2, -0.15) is 10.1 Å². The van der Waals surface area contributed by atoms with Crippen LogP contribution in [0.4, 0.5) is 11.8 Å². The summed E-state index contributed by atoms with van der Waals surface area (Å²) < 4.78 is 0. The van der Waals surface area contributed by atoms with Crippen molar-refractivity contribution >= 4 is 11.8 Å². The molecule has 0 radical (unpaired) electrons. The van der Waals surface area contributed by atoms with Crippen LogP contribution < -0.4 is 10.2 Å². The van der Waals surface area contributed by atoms with Crippen molar-refractivity contribution in [1.29, 1.82) is 0 Å². The Morgan fingerprint density at radius 3 is 2.39 bits per heavy atom. The Bertz CT molecular complexity index is 377. The zero-order valence-corrected chi connectivity index (χ0v) is 11.6. The van der Waals surface area contributed by atoms with Crippen molar-refractivity contribution in [2.24, 2.45) is 0 Å². The Morgan fingerprint density at radius 2 is 1.78 bits per heavy atom.